The lowest BCUT2D eigenvalue weighted by molar-refractivity contribution is -0.126. The molecule has 2 saturated heterocycles. The van der Waals surface area contributed by atoms with Gasteiger partial charge >= 0.3 is 0 Å². The van der Waals surface area contributed by atoms with Gasteiger partial charge < -0.3 is 29.9 Å². The molecule has 2 aromatic carbocycles. The van der Waals surface area contributed by atoms with E-state index < -0.39 is 11.2 Å². The molecule has 0 bridgehead atoms. The number of piperidine rings is 1. The van der Waals surface area contributed by atoms with Gasteiger partial charge in [-0.25, -0.2) is 19.3 Å². The molecule has 2 aromatic heterocycles. The molecule has 0 aliphatic carbocycles. The van der Waals surface area contributed by atoms with Crippen molar-refractivity contribution in [1.29, 1.82) is 5.26 Å². The molecule has 0 radical (unpaired) electrons. The summed E-state index contributed by atoms with van der Waals surface area (Å²) in [5.41, 5.74) is 1.21. The van der Waals surface area contributed by atoms with Crippen molar-refractivity contribution >= 4 is 39.8 Å². The molecule has 46 heavy (non-hydrogen) atoms. The van der Waals surface area contributed by atoms with E-state index in [4.69, 9.17) is 9.47 Å². The number of amides is 1. The highest BCUT2D eigenvalue weighted by atomic mass is 19.1. The summed E-state index contributed by atoms with van der Waals surface area (Å²) in [4.78, 5) is 29.1. The number of carbonyl (C=O) groups excluding carboxylic acids is 1. The first-order chi connectivity index (χ1) is 22.3. The summed E-state index contributed by atoms with van der Waals surface area (Å²) in [5.74, 6) is 2.04. The highest BCUT2D eigenvalue weighted by molar-refractivity contribution is 5.95. The molecular formula is C34H35FN8O3. The molecule has 11 nitrogen and oxygen atoms in total. The van der Waals surface area contributed by atoms with Gasteiger partial charge in [0, 0.05) is 62.0 Å². The van der Waals surface area contributed by atoms with Gasteiger partial charge in [-0.1, -0.05) is 6.58 Å². The number of nitriles is 1. The molecule has 0 spiro atoms. The number of halogens is 1. The smallest absolute Gasteiger partial charge is 0.245 e. The van der Waals surface area contributed by atoms with Crippen molar-refractivity contribution in [3.05, 3.63) is 73.5 Å². The van der Waals surface area contributed by atoms with Crippen LogP contribution in [-0.2, 0) is 4.79 Å². The topological polar surface area (TPSA) is 129 Å². The molecule has 1 atom stereocenters. The average Bonchev–Trinajstić information content (AvgIpc) is 3.48. The van der Waals surface area contributed by atoms with Crippen molar-refractivity contribution in [3.8, 4) is 23.3 Å². The fourth-order valence-corrected chi connectivity index (χ4v) is 5.87. The minimum atomic E-state index is -0.518. The van der Waals surface area contributed by atoms with Gasteiger partial charge in [0.2, 0.25) is 5.91 Å². The Labute approximate surface area is 266 Å². The second-order valence-corrected chi connectivity index (χ2v) is 11.8. The molecule has 4 aromatic rings. The predicted molar refractivity (Wildman–Crippen MR) is 174 cm³/mol. The first-order valence-electron chi connectivity index (χ1n) is 15.1. The summed E-state index contributed by atoms with van der Waals surface area (Å²) >= 11 is 0. The van der Waals surface area contributed by atoms with Crippen LogP contribution in [0.1, 0.15) is 26.2 Å². The number of hydrogen-bond acceptors (Lipinski definition) is 10. The molecular weight excluding hydrogens is 587 g/mol. The summed E-state index contributed by atoms with van der Waals surface area (Å²) in [6, 6.07) is 14.3. The number of nitrogens with zero attached hydrogens (tertiary/aromatic N) is 6. The number of likely N-dealkylation sites (tertiary alicyclic amines) is 1. The van der Waals surface area contributed by atoms with Crippen molar-refractivity contribution < 1.29 is 18.7 Å². The van der Waals surface area contributed by atoms with Crippen LogP contribution in [0.2, 0.25) is 0 Å². The fraction of sp³-hybridized carbons (Fsp3) is 0.324. The first-order valence-corrected chi connectivity index (χ1v) is 15.1. The number of benzene rings is 2. The third-order valence-corrected chi connectivity index (χ3v) is 8.51. The fourth-order valence-electron chi connectivity index (χ4n) is 5.87. The number of ether oxygens (including phenoxy) is 2. The van der Waals surface area contributed by atoms with Gasteiger partial charge in [0.15, 0.2) is 0 Å². The number of aromatic nitrogens is 3. The number of rotatable bonds is 9. The Morgan fingerprint density at radius 3 is 2.63 bits per heavy atom. The van der Waals surface area contributed by atoms with Crippen LogP contribution in [0.15, 0.2) is 67.6 Å². The highest BCUT2D eigenvalue weighted by Gasteiger charge is 2.34. The standard InChI is InChI=1S/C34H35FN8O3/c1-4-32(44)42-12-8-22(9-13-42)40-29-17-25-28(18-30(29)45-3)38-21-39-33(25)41-27-6-5-23(15-26(27)35)46-24-7-11-37-31(16-24)43-14-10-34(2,19-36)20-43/h4-7,11,15-18,21-22,40H,1,8-10,12-14,20H2,2-3H3,(H,38,39,41)/t34-/m1/s1. The van der Waals surface area contributed by atoms with Crippen LogP contribution in [0.3, 0.4) is 0 Å². The summed E-state index contributed by atoms with van der Waals surface area (Å²) in [6.07, 6.45) is 6.72. The van der Waals surface area contributed by atoms with Crippen molar-refractivity contribution in [2.45, 2.75) is 32.2 Å². The zero-order valence-electron chi connectivity index (χ0n) is 25.8. The highest BCUT2D eigenvalue weighted by Crippen LogP contribution is 2.36. The Bertz CT molecular complexity index is 1820. The van der Waals surface area contributed by atoms with E-state index in [1.807, 2.05) is 19.1 Å². The number of hydrogen-bond donors (Lipinski definition) is 2. The van der Waals surface area contributed by atoms with Crippen LogP contribution in [0.5, 0.6) is 17.2 Å². The summed E-state index contributed by atoms with van der Waals surface area (Å²) in [6.45, 7) is 8.12. The number of carbonyl (C=O) groups is 1. The second-order valence-electron chi connectivity index (χ2n) is 11.8. The first kappa shape index (κ1) is 30.6. The Hall–Kier alpha value is -5.44. The zero-order valence-corrected chi connectivity index (χ0v) is 25.8. The van der Waals surface area contributed by atoms with E-state index in [1.54, 1.807) is 42.5 Å². The van der Waals surface area contributed by atoms with E-state index in [9.17, 15) is 10.1 Å². The number of fused-ring (bicyclic) bond motifs is 1. The maximum Gasteiger partial charge on any atom is 0.245 e. The number of methoxy groups -OCH3 is 1. The van der Waals surface area contributed by atoms with Gasteiger partial charge in [-0.3, -0.25) is 4.79 Å². The Balaban J connectivity index is 1.17. The number of nitrogens with one attached hydrogen (secondary N) is 2. The van der Waals surface area contributed by atoms with Crippen LogP contribution >= 0.6 is 0 Å². The lowest BCUT2D eigenvalue weighted by Crippen LogP contribution is -2.41. The van der Waals surface area contributed by atoms with E-state index in [0.29, 0.717) is 59.4 Å². The molecule has 1 amide bonds. The van der Waals surface area contributed by atoms with Crippen LogP contribution in [0.25, 0.3) is 10.9 Å². The molecule has 236 valence electrons. The average molecular weight is 623 g/mol. The van der Waals surface area contributed by atoms with Gasteiger partial charge in [-0.2, -0.15) is 5.26 Å². The van der Waals surface area contributed by atoms with E-state index >= 15 is 4.39 Å². The monoisotopic (exact) mass is 622 g/mol. The van der Waals surface area contributed by atoms with E-state index in [2.05, 4.69) is 43.1 Å². The van der Waals surface area contributed by atoms with Crippen LogP contribution in [0, 0.1) is 22.6 Å². The molecule has 0 unspecified atom stereocenters. The summed E-state index contributed by atoms with van der Waals surface area (Å²) < 4.78 is 27.0. The van der Waals surface area contributed by atoms with Crippen LogP contribution in [-0.4, -0.2) is 65.1 Å². The minimum absolute atomic E-state index is 0.0597. The molecule has 2 fully saturated rings. The van der Waals surface area contributed by atoms with Crippen molar-refractivity contribution in [2.75, 3.05) is 48.8 Å². The molecule has 2 aliphatic heterocycles. The molecule has 6 rings (SSSR count). The molecule has 2 N–H and O–H groups in total. The van der Waals surface area contributed by atoms with Gasteiger partial charge in [0.25, 0.3) is 0 Å². The van der Waals surface area contributed by atoms with Gasteiger partial charge in [0.05, 0.1) is 35.5 Å². The van der Waals surface area contributed by atoms with Crippen LogP contribution < -0.4 is 25.0 Å². The third kappa shape index (κ3) is 6.49. The maximum atomic E-state index is 15.4. The number of anilines is 4. The van der Waals surface area contributed by atoms with Crippen LogP contribution in [0.4, 0.5) is 27.4 Å². The van der Waals surface area contributed by atoms with E-state index in [0.717, 1.165) is 31.5 Å². The van der Waals surface area contributed by atoms with E-state index in [1.165, 1.54) is 18.5 Å². The van der Waals surface area contributed by atoms with Gasteiger partial charge in [0.1, 0.15) is 41.0 Å². The summed E-state index contributed by atoms with van der Waals surface area (Å²) in [5, 5.41) is 16.8. The van der Waals surface area contributed by atoms with E-state index in [-0.39, 0.29) is 17.6 Å². The zero-order chi connectivity index (χ0) is 32.3. The largest absolute Gasteiger partial charge is 0.495 e. The lowest BCUT2D eigenvalue weighted by atomic mass is 9.92. The Morgan fingerprint density at radius 1 is 1.11 bits per heavy atom. The molecule has 4 heterocycles. The lowest BCUT2D eigenvalue weighted by Gasteiger charge is -2.32. The normalized spacial score (nSPS) is 18.2. The molecule has 2 aliphatic rings. The maximum absolute atomic E-state index is 15.4. The van der Waals surface area contributed by atoms with Crippen molar-refractivity contribution in [1.82, 2.24) is 19.9 Å². The van der Waals surface area contributed by atoms with Crippen molar-refractivity contribution in [3.63, 3.8) is 0 Å². The minimum Gasteiger partial charge on any atom is -0.495 e. The summed E-state index contributed by atoms with van der Waals surface area (Å²) in [7, 11) is 1.60. The van der Waals surface area contributed by atoms with Crippen molar-refractivity contribution in [2.24, 2.45) is 5.41 Å². The molecule has 0 saturated carbocycles. The number of pyridine rings is 1. The Kier molecular flexibility index (Phi) is 8.57. The van der Waals surface area contributed by atoms with Gasteiger partial charge in [-0.05, 0) is 56.5 Å². The van der Waals surface area contributed by atoms with Gasteiger partial charge in [-0.15, -0.1) is 0 Å². The quantitative estimate of drug-likeness (QED) is 0.213. The second kappa shape index (κ2) is 12.9. The Morgan fingerprint density at radius 2 is 1.91 bits per heavy atom. The SMILES string of the molecule is C=CC(=O)N1CCC(Nc2cc3c(Nc4ccc(Oc5ccnc(N6CC[C@](C)(C#N)C6)c5)cc4F)ncnc3cc2OC)CC1. The molecule has 12 heteroatoms. The predicted octanol–water partition coefficient (Wildman–Crippen LogP) is 6.04. The third-order valence-electron chi connectivity index (χ3n) is 8.51.